The molecule has 2 aliphatic rings. The fourth-order valence-electron chi connectivity index (χ4n) is 6.01. The monoisotopic (exact) mass is 610 g/mol. The van der Waals surface area contributed by atoms with Gasteiger partial charge in [0.2, 0.25) is 5.91 Å². The number of rotatable bonds is 12. The standard InChI is InChI=1S/C34H42N8O3/c1-23-21-30(39-41(23)3)36-34(44)25-11-15-27(16-12-25)45-29-17-18-35-33-32(29)28(37-38-33)9-4-7-24-8-5-20-42(22-24)31(43)10-6-19-40(2)26-13-14-26/h6,10-12,15-18,21,24,26H,4-5,7-9,13-14,19-20,22H2,1-3H3,(H,35,37,38)(H,36,39,44)/b10-6+/t24-/m1/s1. The van der Waals surface area contributed by atoms with Crippen LogP contribution in [0.5, 0.6) is 11.5 Å². The Kier molecular flexibility index (Phi) is 9.25. The highest BCUT2D eigenvalue weighted by atomic mass is 16.5. The maximum absolute atomic E-state index is 12.8. The van der Waals surface area contributed by atoms with Crippen LogP contribution in [0.4, 0.5) is 5.82 Å². The number of benzene rings is 1. The minimum absolute atomic E-state index is 0.133. The van der Waals surface area contributed by atoms with Crippen molar-refractivity contribution in [2.45, 2.75) is 57.9 Å². The number of nitrogens with zero attached hydrogens (tertiary/aromatic N) is 6. The number of pyridine rings is 1. The van der Waals surface area contributed by atoms with E-state index in [1.807, 2.05) is 37.1 Å². The lowest BCUT2D eigenvalue weighted by molar-refractivity contribution is -0.127. The SMILES string of the molecule is Cc1cc(NC(=O)c2ccc(Oc3ccnc4n[nH]c(CCC[C@@H]5CCCN(C(=O)/C=C/CN(C)C6CC6)C5)c34)cc2)nn1C. The fraction of sp³-hybridized carbons (Fsp3) is 0.441. The van der Waals surface area contributed by atoms with Crippen molar-refractivity contribution in [2.75, 3.05) is 32.0 Å². The molecule has 45 heavy (non-hydrogen) atoms. The molecule has 4 aromatic rings. The van der Waals surface area contributed by atoms with Gasteiger partial charge in [0.1, 0.15) is 11.5 Å². The first kappa shape index (κ1) is 30.5. The van der Waals surface area contributed by atoms with Gasteiger partial charge in [-0.15, -0.1) is 0 Å². The molecule has 11 nitrogen and oxygen atoms in total. The van der Waals surface area contributed by atoms with Gasteiger partial charge in [-0.2, -0.15) is 10.2 Å². The number of nitrogens with one attached hydrogen (secondary N) is 2. The highest BCUT2D eigenvalue weighted by molar-refractivity contribution is 6.03. The molecule has 2 amide bonds. The largest absolute Gasteiger partial charge is 0.456 e. The van der Waals surface area contributed by atoms with Gasteiger partial charge in [0.05, 0.1) is 5.39 Å². The van der Waals surface area contributed by atoms with Crippen molar-refractivity contribution in [3.8, 4) is 11.5 Å². The Hall–Kier alpha value is -4.51. The van der Waals surface area contributed by atoms with Crippen molar-refractivity contribution in [1.82, 2.24) is 34.8 Å². The van der Waals surface area contributed by atoms with E-state index in [1.54, 1.807) is 41.2 Å². The topological polar surface area (TPSA) is 121 Å². The van der Waals surface area contributed by atoms with E-state index >= 15 is 0 Å². The Balaban J connectivity index is 1.03. The van der Waals surface area contributed by atoms with Crippen molar-refractivity contribution in [3.05, 3.63) is 71.7 Å². The quantitative estimate of drug-likeness (QED) is 0.210. The smallest absolute Gasteiger partial charge is 0.256 e. The number of fused-ring (bicyclic) bond motifs is 1. The number of hydrogen-bond donors (Lipinski definition) is 2. The molecule has 2 N–H and O–H groups in total. The number of amides is 2. The molecule has 3 aromatic heterocycles. The van der Waals surface area contributed by atoms with Crippen LogP contribution in [0.15, 0.2) is 54.7 Å². The zero-order valence-electron chi connectivity index (χ0n) is 26.3. The summed E-state index contributed by atoms with van der Waals surface area (Å²) in [5.41, 5.74) is 3.06. The number of piperidine rings is 1. The molecule has 1 atom stereocenters. The third kappa shape index (κ3) is 7.59. The number of carbonyl (C=O) groups is 2. The Bertz CT molecular complexity index is 1650. The van der Waals surface area contributed by atoms with Gasteiger partial charge in [-0.05, 0) is 95.2 Å². The molecule has 1 saturated carbocycles. The van der Waals surface area contributed by atoms with Crippen LogP contribution >= 0.6 is 0 Å². The Morgan fingerprint density at radius 1 is 1.18 bits per heavy atom. The minimum atomic E-state index is -0.235. The molecule has 0 radical (unpaired) electrons. The van der Waals surface area contributed by atoms with Crippen molar-refractivity contribution in [2.24, 2.45) is 13.0 Å². The molecule has 1 saturated heterocycles. The number of aromatic amines is 1. The molecular weight excluding hydrogens is 568 g/mol. The second kappa shape index (κ2) is 13.6. The van der Waals surface area contributed by atoms with Crippen LogP contribution in [0.2, 0.25) is 0 Å². The number of carbonyl (C=O) groups excluding carboxylic acids is 2. The van der Waals surface area contributed by atoms with E-state index < -0.39 is 0 Å². The van der Waals surface area contributed by atoms with Gasteiger partial charge in [-0.25, -0.2) is 4.98 Å². The predicted octanol–water partition coefficient (Wildman–Crippen LogP) is 5.26. The first-order valence-electron chi connectivity index (χ1n) is 15.9. The van der Waals surface area contributed by atoms with Gasteiger partial charge in [-0.3, -0.25) is 24.3 Å². The molecule has 0 spiro atoms. The molecule has 6 rings (SSSR count). The number of aryl methyl sites for hydroxylation is 3. The van der Waals surface area contributed by atoms with Gasteiger partial charge < -0.3 is 15.0 Å². The maximum Gasteiger partial charge on any atom is 0.256 e. The van der Waals surface area contributed by atoms with Crippen LogP contribution in [0.25, 0.3) is 11.0 Å². The summed E-state index contributed by atoms with van der Waals surface area (Å²) in [6.07, 6.45) is 13.0. The lowest BCUT2D eigenvalue weighted by atomic mass is 9.92. The summed E-state index contributed by atoms with van der Waals surface area (Å²) in [6, 6.07) is 11.4. The number of hydrogen-bond acceptors (Lipinski definition) is 7. The summed E-state index contributed by atoms with van der Waals surface area (Å²) in [5.74, 6) is 2.18. The van der Waals surface area contributed by atoms with Gasteiger partial charge in [0.25, 0.3) is 5.91 Å². The van der Waals surface area contributed by atoms with E-state index in [2.05, 4.69) is 37.5 Å². The lowest BCUT2D eigenvalue weighted by Gasteiger charge is -2.32. The maximum atomic E-state index is 12.8. The molecule has 236 valence electrons. The van der Waals surface area contributed by atoms with Crippen molar-refractivity contribution >= 4 is 28.7 Å². The highest BCUT2D eigenvalue weighted by Crippen LogP contribution is 2.32. The van der Waals surface area contributed by atoms with Gasteiger partial charge in [0, 0.05) is 68.0 Å². The normalized spacial score (nSPS) is 17.0. The Morgan fingerprint density at radius 3 is 2.76 bits per heavy atom. The molecular formula is C34H42N8O3. The number of aromatic nitrogens is 5. The predicted molar refractivity (Wildman–Crippen MR) is 173 cm³/mol. The summed E-state index contributed by atoms with van der Waals surface area (Å²) in [7, 11) is 3.96. The van der Waals surface area contributed by atoms with Crippen LogP contribution in [0.1, 0.15) is 60.3 Å². The third-order valence-corrected chi connectivity index (χ3v) is 8.88. The van der Waals surface area contributed by atoms with Gasteiger partial charge >= 0.3 is 0 Å². The number of likely N-dealkylation sites (N-methyl/N-ethyl adjacent to an activating group) is 1. The van der Waals surface area contributed by atoms with E-state index in [4.69, 9.17) is 4.74 Å². The van der Waals surface area contributed by atoms with Crippen LogP contribution in [0, 0.1) is 12.8 Å². The van der Waals surface area contributed by atoms with Crippen LogP contribution in [0.3, 0.4) is 0 Å². The molecule has 4 heterocycles. The van der Waals surface area contributed by atoms with Crippen LogP contribution in [-0.4, -0.2) is 79.3 Å². The van der Waals surface area contributed by atoms with Crippen LogP contribution in [-0.2, 0) is 18.3 Å². The Morgan fingerprint density at radius 2 is 2.00 bits per heavy atom. The first-order valence-corrected chi connectivity index (χ1v) is 15.9. The van der Waals surface area contributed by atoms with Crippen LogP contribution < -0.4 is 10.1 Å². The first-order chi connectivity index (χ1) is 21.8. The lowest BCUT2D eigenvalue weighted by Crippen LogP contribution is -2.39. The zero-order chi connectivity index (χ0) is 31.3. The molecule has 2 fully saturated rings. The number of H-pyrrole nitrogens is 1. The molecule has 1 aromatic carbocycles. The summed E-state index contributed by atoms with van der Waals surface area (Å²) < 4.78 is 7.98. The second-order valence-electron chi connectivity index (χ2n) is 12.3. The minimum Gasteiger partial charge on any atom is -0.456 e. The Labute approximate surface area is 263 Å². The van der Waals surface area contributed by atoms with Gasteiger partial charge in [-0.1, -0.05) is 6.08 Å². The molecule has 0 unspecified atom stereocenters. The highest BCUT2D eigenvalue weighted by Gasteiger charge is 2.26. The van der Waals surface area contributed by atoms with E-state index in [0.717, 1.165) is 68.5 Å². The van der Waals surface area contributed by atoms with E-state index in [-0.39, 0.29) is 11.8 Å². The number of anilines is 1. The van der Waals surface area contributed by atoms with E-state index in [0.29, 0.717) is 40.5 Å². The third-order valence-electron chi connectivity index (χ3n) is 8.88. The summed E-state index contributed by atoms with van der Waals surface area (Å²) in [5, 5.41) is 15.6. The fourth-order valence-corrected chi connectivity index (χ4v) is 6.01. The number of likely N-dealkylation sites (tertiary alicyclic amines) is 1. The van der Waals surface area contributed by atoms with E-state index in [9.17, 15) is 9.59 Å². The molecule has 1 aliphatic heterocycles. The average Bonchev–Trinajstić information content (AvgIpc) is 3.74. The van der Waals surface area contributed by atoms with Gasteiger partial charge in [0.15, 0.2) is 11.5 Å². The summed E-state index contributed by atoms with van der Waals surface area (Å²) in [4.78, 5) is 34.3. The van der Waals surface area contributed by atoms with E-state index in [1.165, 1.54) is 12.8 Å². The molecule has 0 bridgehead atoms. The summed E-state index contributed by atoms with van der Waals surface area (Å²) >= 11 is 0. The van der Waals surface area contributed by atoms with Crippen molar-refractivity contribution in [3.63, 3.8) is 0 Å². The second-order valence-corrected chi connectivity index (χ2v) is 12.3. The van der Waals surface area contributed by atoms with Crippen molar-refractivity contribution in [1.29, 1.82) is 0 Å². The molecule has 1 aliphatic carbocycles. The zero-order valence-corrected chi connectivity index (χ0v) is 26.3. The number of ether oxygens (including phenoxy) is 1. The summed E-state index contributed by atoms with van der Waals surface area (Å²) in [6.45, 7) is 4.42. The van der Waals surface area contributed by atoms with Crippen molar-refractivity contribution < 1.29 is 14.3 Å². The average molecular weight is 611 g/mol. The molecule has 11 heteroatoms.